The van der Waals surface area contributed by atoms with Gasteiger partial charge in [-0.25, -0.2) is 4.39 Å². The van der Waals surface area contributed by atoms with Crippen LogP contribution in [-0.2, 0) is 13.0 Å². The Morgan fingerprint density at radius 2 is 1.88 bits per heavy atom. The molecule has 1 aliphatic heterocycles. The van der Waals surface area contributed by atoms with Crippen molar-refractivity contribution >= 4 is 33.8 Å². The molecule has 0 atom stereocenters. The molecule has 0 radical (unpaired) electrons. The van der Waals surface area contributed by atoms with Crippen molar-refractivity contribution in [2.75, 3.05) is 13.6 Å². The van der Waals surface area contributed by atoms with E-state index in [1.807, 2.05) is 18.2 Å². The van der Waals surface area contributed by atoms with Crippen LogP contribution in [-0.4, -0.2) is 23.1 Å². The van der Waals surface area contributed by atoms with Gasteiger partial charge in [-0.15, -0.1) is 0 Å². The molecule has 2 heterocycles. The van der Waals surface area contributed by atoms with Crippen LogP contribution in [0.5, 0.6) is 0 Å². The van der Waals surface area contributed by atoms with E-state index >= 15 is 0 Å². The van der Waals surface area contributed by atoms with E-state index in [0.29, 0.717) is 0 Å². The molecule has 2 aliphatic rings. The maximum absolute atomic E-state index is 13.2. The summed E-state index contributed by atoms with van der Waals surface area (Å²) in [5, 5.41) is 2.04. The van der Waals surface area contributed by atoms with E-state index in [0.717, 1.165) is 36.5 Å². The number of aromatic nitrogens is 1. The molecule has 126 valence electrons. The van der Waals surface area contributed by atoms with Crippen LogP contribution in [0.25, 0.3) is 22.2 Å². The number of allylic oxidation sites excluding steroid dienone is 2. The fraction of sp³-hybridized carbons (Fsp3) is 0.238. The van der Waals surface area contributed by atoms with Gasteiger partial charge in [0.05, 0.1) is 5.52 Å². The smallest absolute Gasteiger partial charge is 0.123 e. The van der Waals surface area contributed by atoms with Crippen LogP contribution < -0.4 is 0 Å². The second kappa shape index (κ2) is 5.45. The summed E-state index contributed by atoms with van der Waals surface area (Å²) in [5.74, 6) is -0.187. The van der Waals surface area contributed by atoms with E-state index in [1.54, 1.807) is 0 Å². The zero-order valence-electron chi connectivity index (χ0n) is 14.0. The number of hydrogen-bond acceptors (Lipinski definition) is 1. The largest absolute Gasteiger partial charge is 0.316 e. The van der Waals surface area contributed by atoms with E-state index < -0.39 is 0 Å². The Morgan fingerprint density at radius 1 is 1.08 bits per heavy atom. The molecule has 2 nitrogen and oxygen atoms in total. The third kappa shape index (κ3) is 2.42. The summed E-state index contributed by atoms with van der Waals surface area (Å²) in [5.41, 5.74) is 7.80. The Balaban J connectivity index is 1.71. The number of likely N-dealkylation sites (N-methyl/N-ethyl adjacent to an activating group) is 1. The molecule has 0 spiro atoms. The highest BCUT2D eigenvalue weighted by Gasteiger charge is 2.31. The van der Waals surface area contributed by atoms with Gasteiger partial charge in [-0.05, 0) is 54.1 Å². The molecule has 0 amide bonds. The Morgan fingerprint density at radius 3 is 2.68 bits per heavy atom. The second-order valence-electron chi connectivity index (χ2n) is 7.02. The quantitative estimate of drug-likeness (QED) is 0.616. The van der Waals surface area contributed by atoms with Gasteiger partial charge in [0.25, 0.3) is 0 Å². The van der Waals surface area contributed by atoms with Gasteiger partial charge in [-0.1, -0.05) is 23.7 Å². The number of halogens is 2. The SMILES string of the molecule is CN1CCc2c(c3cc(Cl)ccc3n2C2=C(c3ccc(F)cc3)C2)C1. The van der Waals surface area contributed by atoms with Crippen molar-refractivity contribution in [1.29, 1.82) is 0 Å². The van der Waals surface area contributed by atoms with Gasteiger partial charge in [0, 0.05) is 47.7 Å². The number of fused-ring (bicyclic) bond motifs is 3. The first-order valence-electron chi connectivity index (χ1n) is 8.60. The van der Waals surface area contributed by atoms with Crippen LogP contribution >= 0.6 is 11.6 Å². The van der Waals surface area contributed by atoms with Crippen LogP contribution in [0.1, 0.15) is 23.2 Å². The molecular weight excluding hydrogens is 335 g/mol. The van der Waals surface area contributed by atoms with Gasteiger partial charge in [0.2, 0.25) is 0 Å². The van der Waals surface area contributed by atoms with Crippen LogP contribution in [0, 0.1) is 5.82 Å². The van der Waals surface area contributed by atoms with Crippen LogP contribution in [0.15, 0.2) is 42.5 Å². The van der Waals surface area contributed by atoms with Gasteiger partial charge in [-0.3, -0.25) is 0 Å². The Hall–Kier alpha value is -2.10. The molecule has 0 N–H and O–H groups in total. The summed E-state index contributed by atoms with van der Waals surface area (Å²) in [6.45, 7) is 2.02. The fourth-order valence-electron chi connectivity index (χ4n) is 4.03. The van der Waals surface area contributed by atoms with Gasteiger partial charge < -0.3 is 9.47 Å². The van der Waals surface area contributed by atoms with Gasteiger partial charge >= 0.3 is 0 Å². The zero-order chi connectivity index (χ0) is 17.1. The number of benzene rings is 2. The maximum atomic E-state index is 13.2. The van der Waals surface area contributed by atoms with Crippen molar-refractivity contribution in [3.05, 3.63) is 70.1 Å². The van der Waals surface area contributed by atoms with E-state index in [-0.39, 0.29) is 5.82 Å². The minimum absolute atomic E-state index is 0.187. The molecule has 0 fully saturated rings. The van der Waals surface area contributed by atoms with Gasteiger partial charge in [0.1, 0.15) is 5.82 Å². The van der Waals surface area contributed by atoms with Crippen molar-refractivity contribution in [3.63, 3.8) is 0 Å². The molecule has 3 aromatic rings. The summed E-state index contributed by atoms with van der Waals surface area (Å²) in [6, 6.07) is 13.0. The normalized spacial score (nSPS) is 17.2. The number of hydrogen-bond donors (Lipinski definition) is 0. The first kappa shape index (κ1) is 15.2. The maximum Gasteiger partial charge on any atom is 0.123 e. The predicted octanol–water partition coefficient (Wildman–Crippen LogP) is 5.19. The Labute approximate surface area is 151 Å². The highest BCUT2D eigenvalue weighted by Crippen LogP contribution is 2.47. The fourth-order valence-corrected chi connectivity index (χ4v) is 4.20. The minimum Gasteiger partial charge on any atom is -0.316 e. The predicted molar refractivity (Wildman–Crippen MR) is 101 cm³/mol. The van der Waals surface area contributed by atoms with Crippen molar-refractivity contribution < 1.29 is 4.39 Å². The van der Waals surface area contributed by atoms with Crippen molar-refractivity contribution in [3.8, 4) is 0 Å². The molecule has 4 heteroatoms. The third-order valence-corrected chi connectivity index (χ3v) is 5.57. The standard InChI is InChI=1S/C21H18ClFN2/c1-24-9-8-20-18(12-24)17-10-14(22)4-7-19(17)25(20)21-11-16(21)13-2-5-15(23)6-3-13/h2-7,10H,8-9,11-12H2,1H3. The lowest BCUT2D eigenvalue weighted by atomic mass is 10.1. The lowest BCUT2D eigenvalue weighted by molar-refractivity contribution is 0.311. The number of nitrogens with zero attached hydrogens (tertiary/aromatic N) is 2. The molecule has 0 saturated carbocycles. The Bertz CT molecular complexity index is 1030. The van der Waals surface area contributed by atoms with E-state index in [2.05, 4.69) is 28.6 Å². The molecule has 25 heavy (non-hydrogen) atoms. The molecule has 1 aromatic heterocycles. The summed E-state index contributed by atoms with van der Waals surface area (Å²) in [4.78, 5) is 2.36. The molecule has 0 unspecified atom stereocenters. The minimum atomic E-state index is -0.187. The van der Waals surface area contributed by atoms with E-state index in [9.17, 15) is 4.39 Å². The lowest BCUT2D eigenvalue weighted by Crippen LogP contribution is -2.27. The monoisotopic (exact) mass is 352 g/mol. The lowest BCUT2D eigenvalue weighted by Gasteiger charge is -2.23. The topological polar surface area (TPSA) is 8.17 Å². The summed E-state index contributed by atoms with van der Waals surface area (Å²) in [6.07, 6.45) is 2.00. The summed E-state index contributed by atoms with van der Waals surface area (Å²) >= 11 is 6.27. The first-order chi connectivity index (χ1) is 12.1. The van der Waals surface area contributed by atoms with E-state index in [4.69, 9.17) is 11.6 Å². The second-order valence-corrected chi connectivity index (χ2v) is 7.46. The highest BCUT2D eigenvalue weighted by molar-refractivity contribution is 6.31. The molecule has 1 aliphatic carbocycles. The van der Waals surface area contributed by atoms with Crippen LogP contribution in [0.2, 0.25) is 5.02 Å². The molecular formula is C21H18ClFN2. The first-order valence-corrected chi connectivity index (χ1v) is 8.98. The number of rotatable bonds is 2. The summed E-state index contributed by atoms with van der Waals surface area (Å²) in [7, 11) is 2.16. The molecule has 2 aromatic carbocycles. The van der Waals surface area contributed by atoms with Crippen LogP contribution in [0.4, 0.5) is 4.39 Å². The zero-order valence-corrected chi connectivity index (χ0v) is 14.8. The van der Waals surface area contributed by atoms with Crippen molar-refractivity contribution in [1.82, 2.24) is 9.47 Å². The van der Waals surface area contributed by atoms with Crippen LogP contribution in [0.3, 0.4) is 0 Å². The van der Waals surface area contributed by atoms with Gasteiger partial charge in [0.15, 0.2) is 0 Å². The summed E-state index contributed by atoms with van der Waals surface area (Å²) < 4.78 is 15.6. The molecule has 0 saturated heterocycles. The molecule has 5 rings (SSSR count). The molecule has 0 bridgehead atoms. The van der Waals surface area contributed by atoms with E-state index in [1.165, 1.54) is 45.6 Å². The van der Waals surface area contributed by atoms with Crippen molar-refractivity contribution in [2.45, 2.75) is 19.4 Å². The average Bonchev–Trinajstić information content (AvgIpc) is 3.32. The van der Waals surface area contributed by atoms with Gasteiger partial charge in [-0.2, -0.15) is 0 Å². The van der Waals surface area contributed by atoms with Crippen molar-refractivity contribution in [2.24, 2.45) is 0 Å². The third-order valence-electron chi connectivity index (χ3n) is 5.33. The average molecular weight is 353 g/mol. The highest BCUT2D eigenvalue weighted by atomic mass is 35.5. The Kier molecular flexibility index (Phi) is 3.31.